The summed E-state index contributed by atoms with van der Waals surface area (Å²) < 4.78 is 9.20. The molecule has 0 bridgehead atoms. The van der Waals surface area contributed by atoms with E-state index in [0.717, 1.165) is 61.8 Å². The quantitative estimate of drug-likeness (QED) is 0.426. The standard InChI is InChI=1S/C23H24N8O/c1-17-25-22-19(23-26-21(27-31(17)23)20-8-5-15-32-20)16-24-30(22)14-11-28-9-12-29(13-10-28)18-6-3-2-4-7-18/h2-8,15-16H,9-14H2,1H3. The van der Waals surface area contributed by atoms with Crippen LogP contribution in [0.5, 0.6) is 0 Å². The lowest BCUT2D eigenvalue weighted by atomic mass is 10.2. The van der Waals surface area contributed by atoms with Crippen molar-refractivity contribution in [2.75, 3.05) is 37.6 Å². The number of aromatic nitrogens is 6. The van der Waals surface area contributed by atoms with Crippen LogP contribution in [0, 0.1) is 6.92 Å². The van der Waals surface area contributed by atoms with Crippen LogP contribution in [0.2, 0.25) is 0 Å². The van der Waals surface area contributed by atoms with Crippen molar-refractivity contribution in [3.05, 3.63) is 60.7 Å². The third kappa shape index (κ3) is 3.31. The lowest BCUT2D eigenvalue weighted by Gasteiger charge is -2.36. The number of benzene rings is 1. The zero-order valence-electron chi connectivity index (χ0n) is 17.9. The minimum absolute atomic E-state index is 0.552. The lowest BCUT2D eigenvalue weighted by molar-refractivity contribution is 0.245. The fraction of sp³-hybridized carbons (Fsp3) is 0.304. The second kappa shape index (κ2) is 7.76. The fourth-order valence-electron chi connectivity index (χ4n) is 4.35. The van der Waals surface area contributed by atoms with E-state index in [0.29, 0.717) is 11.6 Å². The van der Waals surface area contributed by atoms with Gasteiger partial charge in [0.15, 0.2) is 17.1 Å². The molecule has 32 heavy (non-hydrogen) atoms. The average molecular weight is 429 g/mol. The van der Waals surface area contributed by atoms with Crippen LogP contribution in [0.1, 0.15) is 5.82 Å². The first kappa shape index (κ1) is 19.0. The van der Waals surface area contributed by atoms with Crippen molar-refractivity contribution in [3.63, 3.8) is 0 Å². The highest BCUT2D eigenvalue weighted by atomic mass is 16.3. The number of piperazine rings is 1. The minimum atomic E-state index is 0.552. The molecular formula is C23H24N8O. The molecule has 1 fully saturated rings. The van der Waals surface area contributed by atoms with Crippen LogP contribution in [-0.2, 0) is 6.54 Å². The predicted molar refractivity (Wildman–Crippen MR) is 122 cm³/mol. The largest absolute Gasteiger partial charge is 0.461 e. The second-order valence-electron chi connectivity index (χ2n) is 8.08. The molecule has 1 aliphatic heterocycles. The summed E-state index contributed by atoms with van der Waals surface area (Å²) in [6.07, 6.45) is 3.46. The van der Waals surface area contributed by atoms with Gasteiger partial charge >= 0.3 is 0 Å². The summed E-state index contributed by atoms with van der Waals surface area (Å²) in [5, 5.41) is 10.1. The fourth-order valence-corrected chi connectivity index (χ4v) is 4.35. The Kier molecular flexibility index (Phi) is 4.61. The first-order chi connectivity index (χ1) is 15.8. The summed E-state index contributed by atoms with van der Waals surface area (Å²) in [5.74, 6) is 1.97. The van der Waals surface area contributed by atoms with Gasteiger partial charge in [-0.2, -0.15) is 9.61 Å². The molecule has 162 valence electrons. The van der Waals surface area contributed by atoms with E-state index >= 15 is 0 Å². The Morgan fingerprint density at radius 1 is 0.906 bits per heavy atom. The van der Waals surface area contributed by atoms with Gasteiger partial charge in [-0.25, -0.2) is 14.6 Å². The first-order valence-electron chi connectivity index (χ1n) is 10.9. The maximum Gasteiger partial charge on any atom is 0.217 e. The van der Waals surface area contributed by atoms with Crippen molar-refractivity contribution in [2.45, 2.75) is 13.5 Å². The van der Waals surface area contributed by atoms with Gasteiger partial charge in [0.25, 0.3) is 0 Å². The van der Waals surface area contributed by atoms with Gasteiger partial charge in [0.1, 0.15) is 5.82 Å². The molecule has 0 spiro atoms. The van der Waals surface area contributed by atoms with Crippen molar-refractivity contribution < 1.29 is 4.42 Å². The number of rotatable bonds is 5. The Bertz CT molecular complexity index is 1350. The number of fused-ring (bicyclic) bond motifs is 3. The SMILES string of the molecule is Cc1nc2c(cnn2CCN2CCN(c3ccccc3)CC2)c2nc(-c3ccco3)nn12. The normalized spacial score (nSPS) is 15.2. The average Bonchev–Trinajstić information content (AvgIpc) is 3.58. The van der Waals surface area contributed by atoms with E-state index in [-0.39, 0.29) is 0 Å². The molecule has 6 rings (SSSR count). The summed E-state index contributed by atoms with van der Waals surface area (Å²) in [5.41, 5.74) is 2.90. The molecule has 0 N–H and O–H groups in total. The molecule has 1 aromatic carbocycles. The van der Waals surface area contributed by atoms with Crippen LogP contribution >= 0.6 is 0 Å². The van der Waals surface area contributed by atoms with Crippen LogP contribution in [0.25, 0.3) is 28.3 Å². The Hall–Kier alpha value is -3.72. The Labute approximate surface area is 184 Å². The van der Waals surface area contributed by atoms with Gasteiger partial charge < -0.3 is 9.32 Å². The monoisotopic (exact) mass is 428 g/mol. The molecule has 1 aliphatic rings. The van der Waals surface area contributed by atoms with Gasteiger partial charge in [-0.3, -0.25) is 4.90 Å². The molecular weight excluding hydrogens is 404 g/mol. The molecule has 0 aliphatic carbocycles. The molecule has 0 atom stereocenters. The zero-order valence-corrected chi connectivity index (χ0v) is 17.9. The second-order valence-corrected chi connectivity index (χ2v) is 8.08. The van der Waals surface area contributed by atoms with E-state index < -0.39 is 0 Å². The van der Waals surface area contributed by atoms with Crippen molar-refractivity contribution in [3.8, 4) is 11.6 Å². The number of hydrogen-bond acceptors (Lipinski definition) is 7. The molecule has 9 nitrogen and oxygen atoms in total. The first-order valence-corrected chi connectivity index (χ1v) is 10.9. The van der Waals surface area contributed by atoms with E-state index in [1.807, 2.05) is 29.9 Å². The Morgan fingerprint density at radius 3 is 2.53 bits per heavy atom. The van der Waals surface area contributed by atoms with Crippen molar-refractivity contribution >= 4 is 22.4 Å². The molecule has 0 amide bonds. The number of anilines is 1. The van der Waals surface area contributed by atoms with Crippen molar-refractivity contribution in [1.82, 2.24) is 34.3 Å². The topological polar surface area (TPSA) is 80.5 Å². The number of nitrogens with zero attached hydrogens (tertiary/aromatic N) is 8. The van der Waals surface area contributed by atoms with Crippen molar-refractivity contribution in [1.29, 1.82) is 0 Å². The molecule has 5 aromatic rings. The molecule has 5 heterocycles. The smallest absolute Gasteiger partial charge is 0.217 e. The van der Waals surface area contributed by atoms with Crippen LogP contribution in [0.15, 0.2) is 59.3 Å². The lowest BCUT2D eigenvalue weighted by Crippen LogP contribution is -2.47. The van der Waals surface area contributed by atoms with Gasteiger partial charge in [0.05, 0.1) is 24.4 Å². The summed E-state index contributed by atoms with van der Waals surface area (Å²) in [7, 11) is 0. The summed E-state index contributed by atoms with van der Waals surface area (Å²) in [6.45, 7) is 7.83. The highest BCUT2D eigenvalue weighted by Crippen LogP contribution is 2.23. The number of hydrogen-bond donors (Lipinski definition) is 0. The molecule has 1 saturated heterocycles. The summed E-state index contributed by atoms with van der Waals surface area (Å²) in [4.78, 5) is 14.4. The van der Waals surface area contributed by atoms with Crippen LogP contribution < -0.4 is 4.90 Å². The maximum absolute atomic E-state index is 5.46. The van der Waals surface area contributed by atoms with Gasteiger partial charge in [-0.05, 0) is 31.2 Å². The number of furan rings is 1. The van der Waals surface area contributed by atoms with E-state index in [1.54, 1.807) is 10.8 Å². The van der Waals surface area contributed by atoms with Gasteiger partial charge in [0.2, 0.25) is 5.82 Å². The van der Waals surface area contributed by atoms with Gasteiger partial charge in [0, 0.05) is 38.4 Å². The van der Waals surface area contributed by atoms with E-state index in [4.69, 9.17) is 14.4 Å². The van der Waals surface area contributed by atoms with Crippen LogP contribution in [-0.4, -0.2) is 67.0 Å². The number of para-hydroxylation sites is 1. The highest BCUT2D eigenvalue weighted by Gasteiger charge is 2.19. The van der Waals surface area contributed by atoms with Crippen molar-refractivity contribution in [2.24, 2.45) is 0 Å². The summed E-state index contributed by atoms with van der Waals surface area (Å²) in [6, 6.07) is 14.3. The Balaban J connectivity index is 1.19. The molecule has 0 saturated carbocycles. The molecule has 0 radical (unpaired) electrons. The molecule has 0 unspecified atom stereocenters. The van der Waals surface area contributed by atoms with E-state index in [9.17, 15) is 0 Å². The minimum Gasteiger partial charge on any atom is -0.461 e. The predicted octanol–water partition coefficient (Wildman–Crippen LogP) is 2.86. The van der Waals surface area contributed by atoms with Crippen LogP contribution in [0.4, 0.5) is 5.69 Å². The maximum atomic E-state index is 5.46. The van der Waals surface area contributed by atoms with E-state index in [1.165, 1.54) is 5.69 Å². The van der Waals surface area contributed by atoms with E-state index in [2.05, 4.69) is 50.3 Å². The highest BCUT2D eigenvalue weighted by molar-refractivity contribution is 5.89. The van der Waals surface area contributed by atoms with Gasteiger partial charge in [-0.1, -0.05) is 18.2 Å². The third-order valence-corrected chi connectivity index (χ3v) is 6.10. The molecule has 9 heteroatoms. The number of aryl methyl sites for hydroxylation is 1. The van der Waals surface area contributed by atoms with Gasteiger partial charge in [-0.15, -0.1) is 5.10 Å². The zero-order chi connectivity index (χ0) is 21.5. The van der Waals surface area contributed by atoms with Crippen LogP contribution in [0.3, 0.4) is 0 Å². The Morgan fingerprint density at radius 2 is 1.75 bits per heavy atom. The third-order valence-electron chi connectivity index (χ3n) is 6.10. The molecule has 4 aromatic heterocycles. The summed E-state index contributed by atoms with van der Waals surface area (Å²) >= 11 is 0.